The van der Waals surface area contributed by atoms with Gasteiger partial charge < -0.3 is 0 Å². The van der Waals surface area contributed by atoms with E-state index in [9.17, 15) is 4.79 Å². The molecule has 0 saturated heterocycles. The van der Waals surface area contributed by atoms with Gasteiger partial charge in [0, 0.05) is 6.07 Å². The molecule has 2 heterocycles. The van der Waals surface area contributed by atoms with Gasteiger partial charge in [0.1, 0.15) is 10.7 Å². The van der Waals surface area contributed by atoms with Gasteiger partial charge in [-0.3, -0.25) is 4.79 Å². The van der Waals surface area contributed by atoms with Crippen molar-refractivity contribution in [2.45, 2.75) is 18.2 Å². The molecule has 0 amide bonds. The summed E-state index contributed by atoms with van der Waals surface area (Å²) in [7, 11) is 0. The fourth-order valence-electron chi connectivity index (χ4n) is 1.10. The summed E-state index contributed by atoms with van der Waals surface area (Å²) in [4.78, 5) is 11.1. The fourth-order valence-corrected chi connectivity index (χ4v) is 2.35. The van der Waals surface area contributed by atoms with Gasteiger partial charge in [-0.05, 0) is 12.5 Å². The first-order valence-electron chi connectivity index (χ1n) is 4.74. The van der Waals surface area contributed by atoms with Crippen molar-refractivity contribution < 1.29 is 0 Å². The van der Waals surface area contributed by atoms with Gasteiger partial charge in [0.25, 0.3) is 5.56 Å². The lowest BCUT2D eigenvalue weighted by Gasteiger charge is -1.97. The van der Waals surface area contributed by atoms with Crippen LogP contribution >= 0.6 is 27.3 Å². The largest absolute Gasteiger partial charge is 0.268 e. The molecular formula is C9H9BrN4OS. The molecule has 1 unspecified atom stereocenters. The van der Waals surface area contributed by atoms with Crippen LogP contribution in [0.4, 0.5) is 0 Å². The van der Waals surface area contributed by atoms with Crippen molar-refractivity contribution >= 4 is 27.3 Å². The minimum Gasteiger partial charge on any atom is -0.268 e. The summed E-state index contributed by atoms with van der Waals surface area (Å²) in [6.07, 6.45) is 0.952. The second kappa shape index (κ2) is 4.84. The number of alkyl halides is 1. The molecule has 1 N–H and O–H groups in total. The van der Waals surface area contributed by atoms with Crippen molar-refractivity contribution in [2.24, 2.45) is 0 Å². The maximum absolute atomic E-state index is 10.9. The third-order valence-electron chi connectivity index (χ3n) is 1.97. The van der Waals surface area contributed by atoms with Crippen LogP contribution in [0.25, 0.3) is 10.7 Å². The third kappa shape index (κ3) is 2.35. The van der Waals surface area contributed by atoms with Crippen LogP contribution in [0.3, 0.4) is 0 Å². The molecule has 0 aromatic carbocycles. The molecule has 0 bridgehead atoms. The van der Waals surface area contributed by atoms with Gasteiger partial charge >= 0.3 is 0 Å². The zero-order valence-corrected chi connectivity index (χ0v) is 10.9. The summed E-state index contributed by atoms with van der Waals surface area (Å²) in [5, 5.41) is 16.0. The predicted octanol–water partition coefficient (Wildman–Crippen LogP) is 2.13. The highest BCUT2D eigenvalue weighted by molar-refractivity contribution is 9.09. The van der Waals surface area contributed by atoms with Crippen LogP contribution < -0.4 is 5.56 Å². The molecule has 0 aliphatic heterocycles. The van der Waals surface area contributed by atoms with E-state index in [4.69, 9.17) is 0 Å². The van der Waals surface area contributed by atoms with Crippen molar-refractivity contribution in [2.75, 3.05) is 0 Å². The Kier molecular flexibility index (Phi) is 3.45. The zero-order chi connectivity index (χ0) is 11.5. The second-order valence-corrected chi connectivity index (χ2v) is 5.24. The number of rotatable bonds is 3. The smallest absolute Gasteiger partial charge is 0.264 e. The van der Waals surface area contributed by atoms with Crippen molar-refractivity contribution in [3.63, 3.8) is 0 Å². The second-order valence-electron chi connectivity index (χ2n) is 3.13. The van der Waals surface area contributed by atoms with Gasteiger partial charge in [0.2, 0.25) is 0 Å². The van der Waals surface area contributed by atoms with Crippen molar-refractivity contribution in [3.05, 3.63) is 27.5 Å². The van der Waals surface area contributed by atoms with Crippen LogP contribution in [0.2, 0.25) is 0 Å². The Hall–Kier alpha value is -1.08. The molecule has 16 heavy (non-hydrogen) atoms. The van der Waals surface area contributed by atoms with Crippen molar-refractivity contribution in [1.29, 1.82) is 0 Å². The summed E-state index contributed by atoms with van der Waals surface area (Å²) in [6, 6.07) is 3.06. The average Bonchev–Trinajstić information content (AvgIpc) is 2.78. The highest BCUT2D eigenvalue weighted by Gasteiger charge is 2.13. The normalized spacial score (nSPS) is 12.6. The van der Waals surface area contributed by atoms with Crippen LogP contribution in [-0.2, 0) is 0 Å². The standard InChI is InChI=1S/C9H9BrN4OS/c1-2-5(10)8-13-14-9(16-8)6-3-4-7(15)12-11-6/h3-5H,2H2,1H3,(H,12,15). The number of hydrogen-bond acceptors (Lipinski definition) is 5. The van der Waals surface area contributed by atoms with E-state index < -0.39 is 0 Å². The molecule has 2 aromatic heterocycles. The van der Waals surface area contributed by atoms with Crippen LogP contribution in [-0.4, -0.2) is 20.4 Å². The number of H-pyrrole nitrogens is 1. The lowest BCUT2D eigenvalue weighted by atomic mass is 10.4. The first-order chi connectivity index (χ1) is 7.70. The molecule has 0 fully saturated rings. The molecule has 1 atom stereocenters. The lowest BCUT2D eigenvalue weighted by molar-refractivity contribution is 0.869. The zero-order valence-electron chi connectivity index (χ0n) is 8.48. The monoisotopic (exact) mass is 300 g/mol. The molecule has 2 aromatic rings. The lowest BCUT2D eigenvalue weighted by Crippen LogP contribution is -2.05. The first-order valence-corrected chi connectivity index (χ1v) is 6.47. The van der Waals surface area contributed by atoms with E-state index in [2.05, 4.69) is 43.2 Å². The van der Waals surface area contributed by atoms with E-state index in [1.807, 2.05) is 0 Å². The van der Waals surface area contributed by atoms with Gasteiger partial charge in [0.15, 0.2) is 5.01 Å². The predicted molar refractivity (Wildman–Crippen MR) is 65.7 cm³/mol. The topological polar surface area (TPSA) is 71.5 Å². The molecule has 2 rings (SSSR count). The molecule has 84 valence electrons. The van der Waals surface area contributed by atoms with Crippen LogP contribution in [0.15, 0.2) is 16.9 Å². The molecule has 0 aliphatic rings. The molecule has 7 heteroatoms. The number of nitrogens with zero attached hydrogens (tertiary/aromatic N) is 3. The number of hydrogen-bond donors (Lipinski definition) is 1. The summed E-state index contributed by atoms with van der Waals surface area (Å²) < 4.78 is 0. The molecule has 0 aliphatic carbocycles. The number of aromatic amines is 1. The molecular weight excluding hydrogens is 292 g/mol. The minimum absolute atomic E-state index is 0.222. The van der Waals surface area contributed by atoms with E-state index in [1.54, 1.807) is 6.07 Å². The Morgan fingerprint density at radius 3 is 2.94 bits per heavy atom. The number of aromatic nitrogens is 4. The summed E-state index contributed by atoms with van der Waals surface area (Å²) in [5.74, 6) is 0. The molecule has 0 radical (unpaired) electrons. The van der Waals surface area contributed by atoms with Gasteiger partial charge in [-0.25, -0.2) is 5.10 Å². The Morgan fingerprint density at radius 1 is 1.50 bits per heavy atom. The summed E-state index contributed by atoms with van der Waals surface area (Å²) >= 11 is 4.98. The summed E-state index contributed by atoms with van der Waals surface area (Å²) in [5.41, 5.74) is 0.416. The van der Waals surface area contributed by atoms with Crippen LogP contribution in [0.1, 0.15) is 23.2 Å². The molecule has 0 saturated carbocycles. The highest BCUT2D eigenvalue weighted by atomic mass is 79.9. The minimum atomic E-state index is -0.222. The van der Waals surface area contributed by atoms with Gasteiger partial charge in [-0.1, -0.05) is 34.2 Å². The van der Waals surface area contributed by atoms with E-state index in [0.717, 1.165) is 11.4 Å². The van der Waals surface area contributed by atoms with E-state index >= 15 is 0 Å². The third-order valence-corrected chi connectivity index (χ3v) is 4.41. The molecule has 5 nitrogen and oxygen atoms in total. The van der Waals surface area contributed by atoms with Gasteiger partial charge in [0.05, 0.1) is 4.83 Å². The van der Waals surface area contributed by atoms with Crippen LogP contribution in [0.5, 0.6) is 0 Å². The SMILES string of the molecule is CCC(Br)c1nnc(-c2ccc(=O)[nH]n2)s1. The first kappa shape index (κ1) is 11.4. The Morgan fingerprint density at radius 2 is 2.31 bits per heavy atom. The molecule has 0 spiro atoms. The fraction of sp³-hybridized carbons (Fsp3) is 0.333. The van der Waals surface area contributed by atoms with Crippen molar-refractivity contribution in [3.8, 4) is 10.7 Å². The van der Waals surface area contributed by atoms with Crippen LogP contribution in [0, 0.1) is 0 Å². The number of nitrogens with one attached hydrogen (secondary N) is 1. The Balaban J connectivity index is 2.31. The maximum Gasteiger partial charge on any atom is 0.264 e. The number of halogens is 1. The summed E-state index contributed by atoms with van der Waals surface area (Å²) in [6.45, 7) is 2.07. The van der Waals surface area contributed by atoms with E-state index in [-0.39, 0.29) is 10.4 Å². The van der Waals surface area contributed by atoms with E-state index in [0.29, 0.717) is 10.7 Å². The van der Waals surface area contributed by atoms with Crippen molar-refractivity contribution in [1.82, 2.24) is 20.4 Å². The van der Waals surface area contributed by atoms with Gasteiger partial charge in [-0.15, -0.1) is 10.2 Å². The Bertz CT molecular complexity index is 518. The Labute approximate surface area is 104 Å². The maximum atomic E-state index is 10.9. The van der Waals surface area contributed by atoms with E-state index in [1.165, 1.54) is 17.4 Å². The average molecular weight is 301 g/mol. The highest BCUT2D eigenvalue weighted by Crippen LogP contribution is 2.31. The quantitative estimate of drug-likeness (QED) is 0.882. The van der Waals surface area contributed by atoms with Gasteiger partial charge in [-0.2, -0.15) is 5.10 Å².